The Kier molecular flexibility index (Phi) is 10.3. The van der Waals surface area contributed by atoms with Gasteiger partial charge in [0.15, 0.2) is 11.5 Å². The maximum Gasteiger partial charge on any atom is 0.223 e. The number of aromatic amines is 1. The fourth-order valence-corrected chi connectivity index (χ4v) is 5.82. The van der Waals surface area contributed by atoms with Gasteiger partial charge < -0.3 is 15.0 Å². The molecule has 0 spiro atoms. The van der Waals surface area contributed by atoms with E-state index in [-0.39, 0.29) is 23.3 Å². The second-order valence-electron chi connectivity index (χ2n) is 12.1. The predicted octanol–water partition coefficient (Wildman–Crippen LogP) is 7.87. The molecule has 39 heavy (non-hydrogen) atoms. The highest BCUT2D eigenvalue weighted by Crippen LogP contribution is 2.33. The van der Waals surface area contributed by atoms with Crippen molar-refractivity contribution in [3.05, 3.63) is 35.0 Å². The number of H-pyrrole nitrogens is 1. The minimum atomic E-state index is -0.160. The van der Waals surface area contributed by atoms with Crippen LogP contribution in [0.25, 0.3) is 17.0 Å². The van der Waals surface area contributed by atoms with Crippen LogP contribution in [0.5, 0.6) is 5.75 Å². The summed E-state index contributed by atoms with van der Waals surface area (Å²) in [5.74, 6) is 1.83. The van der Waals surface area contributed by atoms with E-state index >= 15 is 0 Å². The van der Waals surface area contributed by atoms with Crippen LogP contribution in [-0.4, -0.2) is 38.4 Å². The average Bonchev–Trinajstić information content (AvgIpc) is 3.47. The molecule has 0 bridgehead atoms. The van der Waals surface area contributed by atoms with E-state index in [1.165, 1.54) is 44.9 Å². The number of fused-ring (bicyclic) bond motifs is 1. The standard InChI is InChI=1S/C31H46ClN5O2/c1-5-6-7-8-9-10-11-12-20-33-30(38)22-16-18-24(19-17-22)39-25-15-13-14-23(21-25)28-34-29-26(32)27(31(2,3)4)35-37(29)36-28/h13-15,21-22,24H,5-12,16-20H2,1-4H3,(H,33,38)(H,34,36). The topological polar surface area (TPSA) is 84.3 Å². The van der Waals surface area contributed by atoms with Gasteiger partial charge >= 0.3 is 0 Å². The first-order valence-electron chi connectivity index (χ1n) is 15.0. The van der Waals surface area contributed by atoms with E-state index in [0.29, 0.717) is 16.5 Å². The number of benzene rings is 1. The van der Waals surface area contributed by atoms with Gasteiger partial charge in [-0.25, -0.2) is 0 Å². The van der Waals surface area contributed by atoms with Crippen molar-refractivity contribution in [2.24, 2.45) is 5.92 Å². The fraction of sp³-hybridized carbons (Fsp3) is 0.645. The molecule has 2 heterocycles. The number of nitrogens with zero attached hydrogens (tertiary/aromatic N) is 3. The number of carbonyl (C=O) groups is 1. The third kappa shape index (κ3) is 8.00. The van der Waals surface area contributed by atoms with E-state index in [2.05, 4.69) is 48.2 Å². The monoisotopic (exact) mass is 555 g/mol. The van der Waals surface area contributed by atoms with Crippen LogP contribution in [0.3, 0.4) is 0 Å². The lowest BCUT2D eigenvalue weighted by Crippen LogP contribution is -2.35. The van der Waals surface area contributed by atoms with Crippen LogP contribution in [0.1, 0.15) is 110 Å². The lowest BCUT2D eigenvalue weighted by molar-refractivity contribution is -0.126. The van der Waals surface area contributed by atoms with E-state index in [0.717, 1.165) is 55.7 Å². The van der Waals surface area contributed by atoms with Crippen molar-refractivity contribution in [2.75, 3.05) is 6.54 Å². The van der Waals surface area contributed by atoms with E-state index in [4.69, 9.17) is 16.3 Å². The molecule has 3 aromatic rings. The fourth-order valence-electron chi connectivity index (χ4n) is 5.37. The number of unbranched alkanes of at least 4 members (excludes halogenated alkanes) is 7. The van der Waals surface area contributed by atoms with Gasteiger partial charge in [-0.2, -0.15) is 5.10 Å². The summed E-state index contributed by atoms with van der Waals surface area (Å²) in [5, 5.41) is 13.0. The van der Waals surface area contributed by atoms with E-state index in [9.17, 15) is 4.79 Å². The Morgan fingerprint density at radius 3 is 2.41 bits per heavy atom. The summed E-state index contributed by atoms with van der Waals surface area (Å²) in [6.45, 7) is 9.31. The first kappa shape index (κ1) is 29.4. The predicted molar refractivity (Wildman–Crippen MR) is 158 cm³/mol. The first-order chi connectivity index (χ1) is 18.8. The van der Waals surface area contributed by atoms with Crippen LogP contribution in [0, 0.1) is 5.92 Å². The lowest BCUT2D eigenvalue weighted by atomic mass is 9.86. The Morgan fingerprint density at radius 2 is 1.74 bits per heavy atom. The van der Waals surface area contributed by atoms with Crippen LogP contribution in [0.2, 0.25) is 5.02 Å². The van der Waals surface area contributed by atoms with Gasteiger partial charge in [0.25, 0.3) is 0 Å². The lowest BCUT2D eigenvalue weighted by Gasteiger charge is -2.28. The van der Waals surface area contributed by atoms with Gasteiger partial charge in [0.1, 0.15) is 10.8 Å². The zero-order valence-electron chi connectivity index (χ0n) is 24.2. The van der Waals surface area contributed by atoms with Crippen molar-refractivity contribution < 1.29 is 9.53 Å². The Morgan fingerprint density at radius 1 is 1.05 bits per heavy atom. The van der Waals surface area contributed by atoms with E-state index in [1.807, 2.05) is 24.3 Å². The minimum Gasteiger partial charge on any atom is -0.490 e. The van der Waals surface area contributed by atoms with Crippen LogP contribution >= 0.6 is 11.6 Å². The second kappa shape index (κ2) is 13.7. The maximum absolute atomic E-state index is 12.6. The quantitative estimate of drug-likeness (QED) is 0.210. The molecule has 2 aromatic heterocycles. The van der Waals surface area contributed by atoms with Crippen molar-refractivity contribution in [1.82, 2.24) is 25.1 Å². The van der Waals surface area contributed by atoms with Gasteiger partial charge in [0.2, 0.25) is 5.91 Å². The Labute approximate surface area is 238 Å². The van der Waals surface area contributed by atoms with Crippen molar-refractivity contribution in [3.63, 3.8) is 0 Å². The first-order valence-corrected chi connectivity index (χ1v) is 15.3. The highest BCUT2D eigenvalue weighted by atomic mass is 35.5. The molecule has 1 aliphatic carbocycles. The number of rotatable bonds is 13. The number of hydrogen-bond donors (Lipinski definition) is 2. The molecular weight excluding hydrogens is 510 g/mol. The number of hydrogen-bond acceptors (Lipinski definition) is 4. The summed E-state index contributed by atoms with van der Waals surface area (Å²) in [5.41, 5.74) is 2.28. The zero-order valence-corrected chi connectivity index (χ0v) is 24.9. The number of nitrogens with one attached hydrogen (secondary N) is 2. The molecule has 0 saturated heterocycles. The highest BCUT2D eigenvalue weighted by Gasteiger charge is 2.28. The van der Waals surface area contributed by atoms with Crippen molar-refractivity contribution in [3.8, 4) is 17.1 Å². The Bertz CT molecular complexity index is 1200. The molecule has 1 aliphatic rings. The zero-order chi connectivity index (χ0) is 27.8. The molecule has 0 unspecified atom stereocenters. The molecule has 1 saturated carbocycles. The van der Waals surface area contributed by atoms with Crippen LogP contribution < -0.4 is 10.1 Å². The summed E-state index contributed by atoms with van der Waals surface area (Å²) in [6.07, 6.45) is 13.9. The van der Waals surface area contributed by atoms with Gasteiger partial charge in [-0.1, -0.05) is 96.4 Å². The molecule has 1 fully saturated rings. The number of aromatic nitrogens is 4. The smallest absolute Gasteiger partial charge is 0.223 e. The van der Waals surface area contributed by atoms with Gasteiger partial charge in [-0.15, -0.1) is 9.73 Å². The SMILES string of the molecule is CCCCCCCCCCNC(=O)C1CCC(Oc2cccc(-c3nn4nc(C(C)(C)C)c(Cl)c4[nH]3)c2)CC1. The molecule has 0 atom stereocenters. The van der Waals surface area contributed by atoms with Crippen LogP contribution in [-0.2, 0) is 10.2 Å². The summed E-state index contributed by atoms with van der Waals surface area (Å²) >= 11 is 6.60. The highest BCUT2D eigenvalue weighted by molar-refractivity contribution is 6.34. The Hall–Kier alpha value is -2.54. The maximum atomic E-state index is 12.6. The summed E-state index contributed by atoms with van der Waals surface area (Å²) in [7, 11) is 0. The molecule has 0 radical (unpaired) electrons. The second-order valence-corrected chi connectivity index (χ2v) is 12.5. The van der Waals surface area contributed by atoms with Crippen molar-refractivity contribution in [1.29, 1.82) is 0 Å². The summed E-state index contributed by atoms with van der Waals surface area (Å²) in [4.78, 5) is 16.0. The summed E-state index contributed by atoms with van der Waals surface area (Å²) < 4.78 is 7.90. The van der Waals surface area contributed by atoms with Gasteiger partial charge in [-0.05, 0) is 44.2 Å². The molecule has 214 valence electrons. The molecule has 7 nitrogen and oxygen atoms in total. The van der Waals surface area contributed by atoms with E-state index in [1.54, 1.807) is 4.63 Å². The molecule has 4 rings (SSSR count). The van der Waals surface area contributed by atoms with Gasteiger partial charge in [0.05, 0.1) is 11.8 Å². The number of amides is 1. The third-order valence-corrected chi connectivity index (χ3v) is 8.10. The molecule has 1 amide bonds. The number of ether oxygens (including phenoxy) is 1. The van der Waals surface area contributed by atoms with Gasteiger partial charge in [-0.3, -0.25) is 4.79 Å². The van der Waals surface area contributed by atoms with Crippen LogP contribution in [0.4, 0.5) is 0 Å². The van der Waals surface area contributed by atoms with Crippen molar-refractivity contribution >= 4 is 23.2 Å². The minimum absolute atomic E-state index is 0.104. The van der Waals surface area contributed by atoms with Gasteiger partial charge in [0, 0.05) is 23.4 Å². The largest absolute Gasteiger partial charge is 0.490 e. The normalized spacial score (nSPS) is 18.0. The Balaban J connectivity index is 1.21. The molecular formula is C31H46ClN5O2. The van der Waals surface area contributed by atoms with E-state index < -0.39 is 0 Å². The average molecular weight is 556 g/mol. The molecule has 8 heteroatoms. The number of halogens is 1. The summed E-state index contributed by atoms with van der Waals surface area (Å²) in [6, 6.07) is 7.95. The molecule has 1 aromatic carbocycles. The number of carbonyl (C=O) groups excluding carboxylic acids is 1. The van der Waals surface area contributed by atoms with Crippen LogP contribution in [0.15, 0.2) is 24.3 Å². The molecule has 0 aliphatic heterocycles. The molecule has 2 N–H and O–H groups in total. The van der Waals surface area contributed by atoms with Crippen molar-refractivity contribution in [2.45, 2.75) is 116 Å². The third-order valence-electron chi connectivity index (χ3n) is 7.74.